The standard InChI is InChI=1S/C7H10.C6H5Cl/c1-2-7-4-3-6(1)5-7;7-6-4-2-1-3-5-6/h1,7H,2-5H2;1-5H. The van der Waals surface area contributed by atoms with Crippen molar-refractivity contribution in [2.24, 2.45) is 5.92 Å². The topological polar surface area (TPSA) is 0 Å². The largest absolute Gasteiger partial charge is 0.0850 e. The second-order valence-electron chi connectivity index (χ2n) is 4.00. The molecular formula is C13H15Cl. The molecule has 0 aromatic heterocycles. The van der Waals surface area contributed by atoms with E-state index in [0.29, 0.717) is 0 Å². The normalized spacial score (nSPS) is 22.6. The molecule has 74 valence electrons. The molecule has 2 bridgehead atoms. The van der Waals surface area contributed by atoms with E-state index in [-0.39, 0.29) is 0 Å². The van der Waals surface area contributed by atoms with Crippen LogP contribution in [0.2, 0.25) is 5.02 Å². The van der Waals surface area contributed by atoms with Crippen molar-refractivity contribution in [3.8, 4) is 0 Å². The third kappa shape index (κ3) is 2.62. The van der Waals surface area contributed by atoms with Gasteiger partial charge in [0.1, 0.15) is 0 Å². The first kappa shape index (κ1) is 9.79. The van der Waals surface area contributed by atoms with E-state index in [1.807, 2.05) is 30.3 Å². The molecule has 0 heterocycles. The van der Waals surface area contributed by atoms with Gasteiger partial charge in [0.05, 0.1) is 0 Å². The zero-order valence-corrected chi connectivity index (χ0v) is 9.00. The predicted molar refractivity (Wildman–Crippen MR) is 61.5 cm³/mol. The van der Waals surface area contributed by atoms with Crippen LogP contribution in [-0.4, -0.2) is 0 Å². The van der Waals surface area contributed by atoms with Gasteiger partial charge in [-0.05, 0) is 43.7 Å². The van der Waals surface area contributed by atoms with Gasteiger partial charge in [-0.15, -0.1) is 0 Å². The molecule has 1 aromatic rings. The number of allylic oxidation sites excluding steroid dienone is 2. The second-order valence-corrected chi connectivity index (χ2v) is 4.44. The van der Waals surface area contributed by atoms with Gasteiger partial charge in [0, 0.05) is 5.02 Å². The summed E-state index contributed by atoms with van der Waals surface area (Å²) in [6.45, 7) is 0. The van der Waals surface area contributed by atoms with Crippen molar-refractivity contribution in [3.63, 3.8) is 0 Å². The summed E-state index contributed by atoms with van der Waals surface area (Å²) in [4.78, 5) is 0. The highest BCUT2D eigenvalue weighted by Crippen LogP contribution is 2.38. The molecule has 0 nitrogen and oxygen atoms in total. The Labute approximate surface area is 90.6 Å². The van der Waals surface area contributed by atoms with E-state index in [4.69, 9.17) is 11.6 Å². The number of hydrogen-bond donors (Lipinski definition) is 0. The average molecular weight is 207 g/mol. The molecule has 0 aliphatic heterocycles. The molecule has 1 fully saturated rings. The summed E-state index contributed by atoms with van der Waals surface area (Å²) in [7, 11) is 0. The van der Waals surface area contributed by atoms with Crippen LogP contribution in [0.15, 0.2) is 42.0 Å². The molecule has 0 saturated heterocycles. The first-order chi connectivity index (χ1) is 6.84. The molecule has 1 atom stereocenters. The van der Waals surface area contributed by atoms with Crippen molar-refractivity contribution in [2.75, 3.05) is 0 Å². The molecule has 1 aromatic carbocycles. The number of fused-ring (bicyclic) bond motifs is 2. The lowest BCUT2D eigenvalue weighted by Gasteiger charge is -1.98. The van der Waals surface area contributed by atoms with Crippen LogP contribution in [0.5, 0.6) is 0 Å². The molecule has 3 rings (SSSR count). The van der Waals surface area contributed by atoms with Crippen LogP contribution in [0.3, 0.4) is 0 Å². The number of hydrogen-bond acceptors (Lipinski definition) is 0. The van der Waals surface area contributed by atoms with Crippen molar-refractivity contribution in [3.05, 3.63) is 47.0 Å². The highest BCUT2D eigenvalue weighted by Gasteiger charge is 2.22. The summed E-state index contributed by atoms with van der Waals surface area (Å²) in [5, 5.41) is 0.794. The monoisotopic (exact) mass is 206 g/mol. The fraction of sp³-hybridized carbons (Fsp3) is 0.385. The summed E-state index contributed by atoms with van der Waals surface area (Å²) >= 11 is 5.54. The molecule has 0 amide bonds. The van der Waals surface area contributed by atoms with Crippen molar-refractivity contribution in [1.82, 2.24) is 0 Å². The minimum Gasteiger partial charge on any atom is -0.0850 e. The summed E-state index contributed by atoms with van der Waals surface area (Å²) in [5.41, 5.74) is 1.74. The Morgan fingerprint density at radius 2 is 1.93 bits per heavy atom. The van der Waals surface area contributed by atoms with Gasteiger partial charge in [0.2, 0.25) is 0 Å². The van der Waals surface area contributed by atoms with Gasteiger partial charge in [-0.1, -0.05) is 41.4 Å². The van der Waals surface area contributed by atoms with E-state index in [1.54, 1.807) is 5.57 Å². The summed E-state index contributed by atoms with van der Waals surface area (Å²) in [6, 6.07) is 9.44. The first-order valence-electron chi connectivity index (χ1n) is 5.23. The summed E-state index contributed by atoms with van der Waals surface area (Å²) < 4.78 is 0. The maximum atomic E-state index is 5.54. The molecule has 0 radical (unpaired) electrons. The van der Waals surface area contributed by atoms with E-state index >= 15 is 0 Å². The smallest absolute Gasteiger partial charge is 0.0405 e. The van der Waals surface area contributed by atoms with Gasteiger partial charge in [0.25, 0.3) is 0 Å². The molecule has 2 aliphatic carbocycles. The Morgan fingerprint density at radius 1 is 1.14 bits per heavy atom. The molecule has 1 saturated carbocycles. The van der Waals surface area contributed by atoms with Gasteiger partial charge < -0.3 is 0 Å². The fourth-order valence-electron chi connectivity index (χ4n) is 2.10. The Balaban J connectivity index is 0.000000107. The number of benzene rings is 1. The van der Waals surface area contributed by atoms with E-state index < -0.39 is 0 Å². The molecular weight excluding hydrogens is 192 g/mol. The minimum absolute atomic E-state index is 0.794. The predicted octanol–water partition coefficient (Wildman–Crippen LogP) is 4.46. The Bertz CT molecular complexity index is 313. The van der Waals surface area contributed by atoms with E-state index in [1.165, 1.54) is 25.7 Å². The first-order valence-corrected chi connectivity index (χ1v) is 5.61. The average Bonchev–Trinajstić information content (AvgIpc) is 2.83. The maximum Gasteiger partial charge on any atom is 0.0405 e. The van der Waals surface area contributed by atoms with Gasteiger partial charge in [-0.3, -0.25) is 0 Å². The van der Waals surface area contributed by atoms with Crippen LogP contribution in [-0.2, 0) is 0 Å². The van der Waals surface area contributed by atoms with Crippen molar-refractivity contribution >= 4 is 11.6 Å². The van der Waals surface area contributed by atoms with Crippen LogP contribution in [0.1, 0.15) is 25.7 Å². The summed E-state index contributed by atoms with van der Waals surface area (Å²) in [6.07, 6.45) is 8.18. The van der Waals surface area contributed by atoms with Crippen LogP contribution >= 0.6 is 11.6 Å². The Morgan fingerprint density at radius 3 is 2.14 bits per heavy atom. The van der Waals surface area contributed by atoms with Gasteiger partial charge in [-0.2, -0.15) is 0 Å². The van der Waals surface area contributed by atoms with Crippen LogP contribution in [0, 0.1) is 5.92 Å². The SMILES string of the molecule is C1=C2CCC(C1)C2.Clc1ccccc1. The van der Waals surface area contributed by atoms with Gasteiger partial charge in [-0.25, -0.2) is 0 Å². The quantitative estimate of drug-likeness (QED) is 0.550. The molecule has 1 unspecified atom stereocenters. The molecule has 1 heteroatoms. The second kappa shape index (κ2) is 4.65. The summed E-state index contributed by atoms with van der Waals surface area (Å²) in [5.74, 6) is 1.08. The van der Waals surface area contributed by atoms with Crippen molar-refractivity contribution < 1.29 is 0 Å². The van der Waals surface area contributed by atoms with E-state index in [2.05, 4.69) is 6.08 Å². The third-order valence-electron chi connectivity index (χ3n) is 2.90. The minimum atomic E-state index is 0.794. The van der Waals surface area contributed by atoms with Gasteiger partial charge >= 0.3 is 0 Å². The zero-order chi connectivity index (χ0) is 9.80. The molecule has 2 aliphatic rings. The molecule has 0 spiro atoms. The lowest BCUT2D eigenvalue weighted by atomic mass is 10.1. The number of rotatable bonds is 0. The van der Waals surface area contributed by atoms with E-state index in [9.17, 15) is 0 Å². The van der Waals surface area contributed by atoms with Crippen LogP contribution in [0.4, 0.5) is 0 Å². The van der Waals surface area contributed by atoms with Crippen molar-refractivity contribution in [1.29, 1.82) is 0 Å². The van der Waals surface area contributed by atoms with Gasteiger partial charge in [0.15, 0.2) is 0 Å². The Kier molecular flexibility index (Phi) is 3.26. The lowest BCUT2D eigenvalue weighted by molar-refractivity contribution is 0.576. The van der Waals surface area contributed by atoms with Crippen LogP contribution in [0.25, 0.3) is 0 Å². The highest BCUT2D eigenvalue weighted by molar-refractivity contribution is 6.30. The molecule has 14 heavy (non-hydrogen) atoms. The van der Waals surface area contributed by atoms with Crippen molar-refractivity contribution in [2.45, 2.75) is 25.7 Å². The number of halogens is 1. The lowest BCUT2D eigenvalue weighted by Crippen LogP contribution is -1.85. The maximum absolute atomic E-state index is 5.54. The fourth-order valence-corrected chi connectivity index (χ4v) is 2.24. The zero-order valence-electron chi connectivity index (χ0n) is 8.25. The Hall–Kier alpha value is -0.750. The molecule has 0 N–H and O–H groups in total. The highest BCUT2D eigenvalue weighted by atomic mass is 35.5. The third-order valence-corrected chi connectivity index (χ3v) is 3.15. The van der Waals surface area contributed by atoms with Crippen LogP contribution < -0.4 is 0 Å². The van der Waals surface area contributed by atoms with E-state index in [0.717, 1.165) is 10.9 Å².